The number of aliphatic carboxylic acids is 1. The lowest BCUT2D eigenvalue weighted by Crippen LogP contribution is -2.65. The number of halogens is 1. The number of nitrogens with zero attached hydrogens (tertiary/aromatic N) is 6. The summed E-state index contributed by atoms with van der Waals surface area (Å²) in [5.41, 5.74) is 0.200. The molecule has 43 heavy (non-hydrogen) atoms. The molecule has 222 valence electrons. The number of rotatable bonds is 7. The Morgan fingerprint density at radius 2 is 1.84 bits per heavy atom. The molecule has 5 N–H and O–H groups in total. The molecule has 0 spiro atoms. The van der Waals surface area contributed by atoms with Crippen LogP contribution in [0, 0.1) is 5.82 Å². The van der Waals surface area contributed by atoms with Gasteiger partial charge in [0.15, 0.2) is 23.8 Å². The second-order valence-corrected chi connectivity index (χ2v) is 9.97. The monoisotopic (exact) mass is 591 g/mol. The van der Waals surface area contributed by atoms with Gasteiger partial charge in [0.05, 0.1) is 23.6 Å². The molecule has 4 heterocycles. The minimum absolute atomic E-state index is 0.0592. The molecular formula is C28H26FN7O7. The van der Waals surface area contributed by atoms with Gasteiger partial charge in [-0.25, -0.2) is 29.1 Å². The Morgan fingerprint density at radius 1 is 1.07 bits per heavy atom. The number of aromatic amines is 1. The maximum Gasteiger partial charge on any atom is 0.335 e. The molecule has 0 amide bonds. The van der Waals surface area contributed by atoms with Crippen molar-refractivity contribution in [3.8, 4) is 5.69 Å². The smallest absolute Gasteiger partial charge is 0.335 e. The number of anilines is 1. The van der Waals surface area contributed by atoms with Crippen LogP contribution in [-0.2, 0) is 9.53 Å². The predicted octanol–water partition coefficient (Wildman–Crippen LogP) is 1.04. The van der Waals surface area contributed by atoms with Crippen molar-refractivity contribution in [3.05, 3.63) is 83.2 Å². The van der Waals surface area contributed by atoms with E-state index in [1.165, 1.54) is 34.3 Å². The molecule has 2 aromatic carbocycles. The fraction of sp³-hybridized carbons (Fsp3) is 0.286. The lowest BCUT2D eigenvalue weighted by Gasteiger charge is -2.46. The van der Waals surface area contributed by atoms with Gasteiger partial charge in [0.2, 0.25) is 0 Å². The number of aromatic nitrogens is 6. The lowest BCUT2D eigenvalue weighted by molar-refractivity contribution is -0.228. The van der Waals surface area contributed by atoms with Gasteiger partial charge in [-0.2, -0.15) is 0 Å². The summed E-state index contributed by atoms with van der Waals surface area (Å²) in [5.74, 6) is -2.20. The molecule has 0 saturated carbocycles. The van der Waals surface area contributed by atoms with Crippen molar-refractivity contribution in [1.29, 1.82) is 0 Å². The minimum atomic E-state index is -1.95. The summed E-state index contributed by atoms with van der Waals surface area (Å²) in [4.78, 5) is 47.7. The minimum Gasteiger partial charge on any atom is -0.479 e. The van der Waals surface area contributed by atoms with Crippen molar-refractivity contribution in [3.63, 3.8) is 0 Å². The fourth-order valence-corrected chi connectivity index (χ4v) is 5.45. The van der Waals surface area contributed by atoms with Crippen molar-refractivity contribution in [2.75, 3.05) is 4.90 Å². The van der Waals surface area contributed by atoms with Crippen LogP contribution >= 0.6 is 0 Å². The highest BCUT2D eigenvalue weighted by molar-refractivity contribution is 5.83. The highest BCUT2D eigenvalue weighted by atomic mass is 19.1. The summed E-state index contributed by atoms with van der Waals surface area (Å²) < 4.78 is 22.0. The van der Waals surface area contributed by atoms with Crippen LogP contribution < -0.4 is 10.5 Å². The first-order valence-electron chi connectivity index (χ1n) is 13.3. The van der Waals surface area contributed by atoms with Gasteiger partial charge < -0.3 is 35.0 Å². The number of para-hydroxylation sites is 1. The van der Waals surface area contributed by atoms with Gasteiger partial charge in [-0.05, 0) is 30.7 Å². The van der Waals surface area contributed by atoms with Crippen LogP contribution in [0.3, 0.4) is 0 Å². The number of carbonyl (C=O) groups is 1. The number of hydrogen-bond donors (Lipinski definition) is 5. The zero-order valence-corrected chi connectivity index (χ0v) is 22.5. The van der Waals surface area contributed by atoms with E-state index in [4.69, 9.17) is 9.72 Å². The number of nitrogens with one attached hydrogen (secondary N) is 1. The van der Waals surface area contributed by atoms with Crippen LogP contribution in [0.1, 0.15) is 25.2 Å². The molecule has 6 atom stereocenters. The number of aliphatic hydroxyl groups excluding tert-OH is 3. The third kappa shape index (κ3) is 4.67. The normalized spacial score (nSPS) is 23.0. The summed E-state index contributed by atoms with van der Waals surface area (Å²) in [5, 5.41) is 41.9. The average molecular weight is 592 g/mol. The first-order chi connectivity index (χ1) is 20.7. The first-order valence-corrected chi connectivity index (χ1v) is 13.3. The zero-order valence-electron chi connectivity index (χ0n) is 22.5. The van der Waals surface area contributed by atoms with E-state index in [1.54, 1.807) is 37.3 Å². The molecule has 0 radical (unpaired) electrons. The van der Waals surface area contributed by atoms with Crippen LogP contribution in [0.5, 0.6) is 0 Å². The van der Waals surface area contributed by atoms with E-state index in [-0.39, 0.29) is 40.1 Å². The second-order valence-electron chi connectivity index (χ2n) is 9.97. The molecule has 5 aromatic rings. The highest BCUT2D eigenvalue weighted by Gasteiger charge is 2.51. The third-order valence-electron chi connectivity index (χ3n) is 7.46. The van der Waals surface area contributed by atoms with Gasteiger partial charge in [0, 0.05) is 0 Å². The maximum absolute atomic E-state index is 15.0. The number of H-pyrrole nitrogens is 1. The van der Waals surface area contributed by atoms with Gasteiger partial charge in [0.1, 0.15) is 47.2 Å². The molecule has 0 bridgehead atoms. The molecule has 6 rings (SSSR count). The molecule has 1 saturated heterocycles. The topological polar surface area (TPSA) is 200 Å². The quantitative estimate of drug-likeness (QED) is 0.180. The second kappa shape index (κ2) is 11.1. The standard InChI is InChI=1S/C28H26FN7O7/c1-2-16(24-34-15-10-6-9-14(29)17(15)26(40)35(24)13-7-4-3-5-8-13)36(25-18-23(31-11-30-18)32-12-33-25)27-21(39)19(37)20(38)22(43-27)28(41)42/h3-12,16,19-22,27,37-39H,2H2,1H3,(H,41,42)(H,30,31,32,33)/t16?,19?,20-,21?,22-,27+/m0/s1. The molecule has 3 aromatic heterocycles. The number of imidazole rings is 1. The highest BCUT2D eigenvalue weighted by Crippen LogP contribution is 2.38. The Balaban J connectivity index is 1.65. The van der Waals surface area contributed by atoms with Gasteiger partial charge in [-0.1, -0.05) is 31.2 Å². The van der Waals surface area contributed by atoms with Gasteiger partial charge >= 0.3 is 5.97 Å². The van der Waals surface area contributed by atoms with E-state index >= 15 is 4.39 Å². The van der Waals surface area contributed by atoms with Gasteiger partial charge in [-0.3, -0.25) is 9.36 Å². The summed E-state index contributed by atoms with van der Waals surface area (Å²) in [6.07, 6.45) is -6.62. The number of carboxylic acids is 1. The third-order valence-corrected chi connectivity index (χ3v) is 7.46. The van der Waals surface area contributed by atoms with E-state index in [9.17, 15) is 30.0 Å². The molecule has 14 nitrogen and oxygen atoms in total. The van der Waals surface area contributed by atoms with Gasteiger partial charge in [-0.15, -0.1) is 0 Å². The van der Waals surface area contributed by atoms with E-state index < -0.39 is 54.0 Å². The molecule has 15 heteroatoms. The molecule has 1 fully saturated rings. The number of fused-ring (bicyclic) bond motifs is 2. The van der Waals surface area contributed by atoms with Crippen LogP contribution in [0.4, 0.5) is 10.2 Å². The Bertz CT molecular complexity index is 1870. The molecule has 1 aliphatic heterocycles. The predicted molar refractivity (Wildman–Crippen MR) is 149 cm³/mol. The van der Waals surface area contributed by atoms with Crippen molar-refractivity contribution in [2.24, 2.45) is 0 Å². The number of aliphatic hydroxyl groups is 3. The number of carboxylic acid groups (broad SMARTS) is 1. The Kier molecular flexibility index (Phi) is 7.31. The van der Waals surface area contributed by atoms with Crippen molar-refractivity contribution >= 4 is 33.9 Å². The summed E-state index contributed by atoms with van der Waals surface area (Å²) in [7, 11) is 0. The Hall–Kier alpha value is -4.83. The molecule has 1 aliphatic rings. The van der Waals surface area contributed by atoms with E-state index in [2.05, 4.69) is 19.9 Å². The van der Waals surface area contributed by atoms with Crippen LogP contribution in [0.15, 0.2) is 66.0 Å². The Labute approximate surface area is 241 Å². The van der Waals surface area contributed by atoms with E-state index in [0.717, 1.165) is 6.07 Å². The maximum atomic E-state index is 15.0. The summed E-state index contributed by atoms with van der Waals surface area (Å²) in [6, 6.07) is 11.4. The van der Waals surface area contributed by atoms with Crippen LogP contribution in [0.25, 0.3) is 27.8 Å². The average Bonchev–Trinajstić information content (AvgIpc) is 3.49. The fourth-order valence-electron chi connectivity index (χ4n) is 5.45. The van der Waals surface area contributed by atoms with Crippen molar-refractivity contribution < 1.29 is 34.3 Å². The zero-order chi connectivity index (χ0) is 30.4. The summed E-state index contributed by atoms with van der Waals surface area (Å²) in [6.45, 7) is 1.75. The largest absolute Gasteiger partial charge is 0.479 e. The SMILES string of the molecule is CCC(c1nc2cccc(F)c2c(=O)n1-c1ccccc1)N(c1ncnc2nc[nH]c12)[C@@H]1O[C@H](C(=O)O)[C@@H](O)C(O)C1O. The molecule has 0 aliphatic carbocycles. The van der Waals surface area contributed by atoms with Crippen LogP contribution in [0.2, 0.25) is 0 Å². The first kappa shape index (κ1) is 28.3. The van der Waals surface area contributed by atoms with Gasteiger partial charge in [0.25, 0.3) is 5.56 Å². The lowest BCUT2D eigenvalue weighted by atomic mass is 9.96. The number of hydrogen-bond acceptors (Lipinski definition) is 11. The summed E-state index contributed by atoms with van der Waals surface area (Å²) >= 11 is 0. The van der Waals surface area contributed by atoms with Crippen molar-refractivity contribution in [2.45, 2.75) is 50.0 Å². The van der Waals surface area contributed by atoms with Crippen molar-refractivity contribution in [1.82, 2.24) is 29.5 Å². The number of ether oxygens (including phenoxy) is 1. The van der Waals surface area contributed by atoms with E-state index in [1.807, 2.05) is 0 Å². The molecular weight excluding hydrogens is 565 g/mol. The number of benzene rings is 2. The van der Waals surface area contributed by atoms with E-state index in [0.29, 0.717) is 5.69 Å². The van der Waals surface area contributed by atoms with Crippen LogP contribution in [-0.4, -0.2) is 86.5 Å². The molecule has 3 unspecified atom stereocenters. The Morgan fingerprint density at radius 3 is 2.56 bits per heavy atom.